The molecule has 0 spiro atoms. The van der Waals surface area contributed by atoms with Crippen LogP contribution in [0.25, 0.3) is 0 Å². The molecule has 4 heteroatoms. The van der Waals surface area contributed by atoms with E-state index in [9.17, 15) is 8.42 Å². The number of benzene rings is 1. The molecule has 0 aliphatic rings. The van der Waals surface area contributed by atoms with Crippen LogP contribution in [-0.4, -0.2) is 21.3 Å². The molecule has 80 valence electrons. The summed E-state index contributed by atoms with van der Waals surface area (Å²) >= 11 is 0. The second kappa shape index (κ2) is 4.85. The monoisotopic (exact) mass is 224 g/mol. The van der Waals surface area contributed by atoms with Crippen molar-refractivity contribution in [2.24, 2.45) is 0 Å². The van der Waals surface area contributed by atoms with E-state index in [4.69, 9.17) is 11.2 Å². The van der Waals surface area contributed by atoms with Crippen LogP contribution in [0, 0.1) is 12.3 Å². The second-order valence-corrected chi connectivity index (χ2v) is 5.07. The lowest BCUT2D eigenvalue weighted by atomic mass is 10.3. The molecule has 0 aliphatic carbocycles. The van der Waals surface area contributed by atoms with Crippen LogP contribution in [0.15, 0.2) is 29.2 Å². The Kier molecular flexibility index (Phi) is 3.75. The highest BCUT2D eigenvalue weighted by molar-refractivity contribution is 7.90. The summed E-state index contributed by atoms with van der Waals surface area (Å²) in [6, 6.07) is 6.36. The molecule has 0 aliphatic heterocycles. The van der Waals surface area contributed by atoms with Gasteiger partial charge in [0.25, 0.3) is 0 Å². The van der Waals surface area contributed by atoms with Gasteiger partial charge in [0.1, 0.15) is 5.75 Å². The Balaban J connectivity index is 2.81. The average molecular weight is 224 g/mol. The van der Waals surface area contributed by atoms with Crippen LogP contribution in [0.4, 0.5) is 0 Å². The minimum atomic E-state index is -3.18. The smallest absolute Gasteiger partial charge is 0.175 e. The minimum Gasteiger partial charge on any atom is -0.493 e. The number of ether oxygens (including phenoxy) is 1. The van der Waals surface area contributed by atoms with Crippen molar-refractivity contribution >= 4 is 9.84 Å². The molecule has 0 saturated carbocycles. The molecule has 1 aromatic carbocycles. The minimum absolute atomic E-state index is 0.251. The van der Waals surface area contributed by atoms with Crippen molar-refractivity contribution in [3.05, 3.63) is 24.3 Å². The molecule has 0 aromatic heterocycles. The summed E-state index contributed by atoms with van der Waals surface area (Å²) in [7, 11) is -3.18. The average Bonchev–Trinajstić information content (AvgIpc) is 2.17. The topological polar surface area (TPSA) is 43.4 Å². The van der Waals surface area contributed by atoms with Gasteiger partial charge in [-0.25, -0.2) is 8.42 Å². The van der Waals surface area contributed by atoms with E-state index in [1.807, 2.05) is 0 Å². The van der Waals surface area contributed by atoms with E-state index < -0.39 is 9.84 Å². The number of sulfone groups is 1. The molecule has 1 rings (SSSR count). The normalized spacial score (nSPS) is 10.7. The molecule has 1 aromatic rings. The van der Waals surface area contributed by atoms with Gasteiger partial charge in [-0.1, -0.05) is 6.07 Å². The first-order chi connectivity index (χ1) is 7.04. The molecule has 0 radical (unpaired) electrons. The molecule has 0 fully saturated rings. The Bertz CT molecular complexity index is 469. The van der Waals surface area contributed by atoms with Crippen molar-refractivity contribution in [1.82, 2.24) is 0 Å². The predicted molar refractivity (Wildman–Crippen MR) is 58.5 cm³/mol. The molecule has 0 heterocycles. The van der Waals surface area contributed by atoms with Gasteiger partial charge in [-0.05, 0) is 18.2 Å². The van der Waals surface area contributed by atoms with Crippen LogP contribution < -0.4 is 4.74 Å². The number of terminal acetylenes is 1. The Morgan fingerprint density at radius 3 is 2.80 bits per heavy atom. The second-order valence-electron chi connectivity index (χ2n) is 3.05. The quantitative estimate of drug-likeness (QED) is 0.575. The van der Waals surface area contributed by atoms with E-state index in [0.717, 1.165) is 6.26 Å². The fourth-order valence-corrected chi connectivity index (χ4v) is 1.68. The molecular formula is C11H12O3S. The first kappa shape index (κ1) is 11.6. The van der Waals surface area contributed by atoms with Gasteiger partial charge in [0, 0.05) is 12.7 Å². The predicted octanol–water partition coefficient (Wildman–Crippen LogP) is 1.49. The first-order valence-electron chi connectivity index (χ1n) is 4.40. The van der Waals surface area contributed by atoms with Gasteiger partial charge in [-0.2, -0.15) is 0 Å². The van der Waals surface area contributed by atoms with E-state index in [-0.39, 0.29) is 4.90 Å². The van der Waals surface area contributed by atoms with Gasteiger partial charge in [0.2, 0.25) is 0 Å². The molecule has 15 heavy (non-hydrogen) atoms. The molecule has 0 saturated heterocycles. The van der Waals surface area contributed by atoms with E-state index in [1.54, 1.807) is 12.1 Å². The summed E-state index contributed by atoms with van der Waals surface area (Å²) in [6.45, 7) is 0.393. The largest absolute Gasteiger partial charge is 0.493 e. The summed E-state index contributed by atoms with van der Waals surface area (Å²) in [6.07, 6.45) is 6.73. The van der Waals surface area contributed by atoms with Crippen molar-refractivity contribution < 1.29 is 13.2 Å². The van der Waals surface area contributed by atoms with Gasteiger partial charge in [0.15, 0.2) is 9.84 Å². The van der Waals surface area contributed by atoms with Crippen molar-refractivity contribution in [2.75, 3.05) is 12.9 Å². The van der Waals surface area contributed by atoms with Gasteiger partial charge in [0.05, 0.1) is 11.5 Å². The molecular weight excluding hydrogens is 212 g/mol. The molecule has 3 nitrogen and oxygen atoms in total. The van der Waals surface area contributed by atoms with Crippen LogP contribution >= 0.6 is 0 Å². The van der Waals surface area contributed by atoms with E-state index in [1.165, 1.54) is 12.1 Å². The molecule has 0 bridgehead atoms. The number of hydrogen-bond acceptors (Lipinski definition) is 3. The zero-order valence-corrected chi connectivity index (χ0v) is 9.25. The number of hydrogen-bond donors (Lipinski definition) is 0. The lowest BCUT2D eigenvalue weighted by Gasteiger charge is -2.05. The van der Waals surface area contributed by atoms with E-state index in [0.29, 0.717) is 18.8 Å². The zero-order valence-electron chi connectivity index (χ0n) is 8.43. The highest BCUT2D eigenvalue weighted by Crippen LogP contribution is 2.17. The Morgan fingerprint density at radius 1 is 1.47 bits per heavy atom. The van der Waals surface area contributed by atoms with Gasteiger partial charge < -0.3 is 4.74 Å². The van der Waals surface area contributed by atoms with Crippen LogP contribution in [0.5, 0.6) is 5.75 Å². The summed E-state index contributed by atoms with van der Waals surface area (Å²) in [5, 5.41) is 0. The lowest BCUT2D eigenvalue weighted by molar-refractivity contribution is 0.326. The first-order valence-corrected chi connectivity index (χ1v) is 6.29. The van der Waals surface area contributed by atoms with Gasteiger partial charge >= 0.3 is 0 Å². The Labute approximate surface area is 90.0 Å². The van der Waals surface area contributed by atoms with Crippen LogP contribution in [0.2, 0.25) is 0 Å². The molecule has 0 unspecified atom stereocenters. The lowest BCUT2D eigenvalue weighted by Crippen LogP contribution is -1.99. The molecule has 0 amide bonds. The highest BCUT2D eigenvalue weighted by atomic mass is 32.2. The van der Waals surface area contributed by atoms with Gasteiger partial charge in [-0.15, -0.1) is 12.3 Å². The molecule has 0 atom stereocenters. The maximum Gasteiger partial charge on any atom is 0.175 e. The maximum atomic E-state index is 11.2. The summed E-state index contributed by atoms with van der Waals surface area (Å²) < 4.78 is 27.7. The fraction of sp³-hybridized carbons (Fsp3) is 0.273. The van der Waals surface area contributed by atoms with E-state index in [2.05, 4.69) is 5.92 Å². The zero-order chi connectivity index (χ0) is 11.3. The summed E-state index contributed by atoms with van der Waals surface area (Å²) in [5.41, 5.74) is 0. The third-order valence-corrected chi connectivity index (χ3v) is 2.86. The van der Waals surface area contributed by atoms with E-state index >= 15 is 0 Å². The van der Waals surface area contributed by atoms with Crippen LogP contribution in [-0.2, 0) is 9.84 Å². The Morgan fingerprint density at radius 2 is 2.20 bits per heavy atom. The van der Waals surface area contributed by atoms with Crippen molar-refractivity contribution in [3.8, 4) is 18.1 Å². The van der Waals surface area contributed by atoms with Crippen LogP contribution in [0.1, 0.15) is 6.42 Å². The van der Waals surface area contributed by atoms with Gasteiger partial charge in [-0.3, -0.25) is 0 Å². The van der Waals surface area contributed by atoms with Crippen molar-refractivity contribution in [2.45, 2.75) is 11.3 Å². The fourth-order valence-electron chi connectivity index (χ4n) is 1.02. The van der Waals surface area contributed by atoms with Crippen molar-refractivity contribution in [3.63, 3.8) is 0 Å². The third kappa shape index (κ3) is 3.64. The summed E-state index contributed by atoms with van der Waals surface area (Å²) in [4.78, 5) is 0.251. The van der Waals surface area contributed by atoms with Crippen molar-refractivity contribution in [1.29, 1.82) is 0 Å². The summed E-state index contributed by atoms with van der Waals surface area (Å²) in [5.74, 6) is 2.96. The number of rotatable bonds is 4. The Hall–Kier alpha value is -1.47. The maximum absolute atomic E-state index is 11.2. The SMILES string of the molecule is C#CCCOc1cccc(S(C)(=O)=O)c1. The highest BCUT2D eigenvalue weighted by Gasteiger charge is 2.07. The van der Waals surface area contributed by atoms with Crippen LogP contribution in [0.3, 0.4) is 0 Å². The standard InChI is InChI=1S/C11H12O3S/c1-3-4-8-14-10-6-5-7-11(9-10)15(2,12)13/h1,5-7,9H,4,8H2,2H3. The third-order valence-electron chi connectivity index (χ3n) is 1.75. The molecule has 0 N–H and O–H groups in total.